The predicted molar refractivity (Wildman–Crippen MR) is 88.8 cm³/mol. The minimum absolute atomic E-state index is 0.0955. The molecule has 3 heteroatoms. The molecule has 1 aliphatic carbocycles. The van der Waals surface area contributed by atoms with Crippen molar-refractivity contribution in [1.82, 2.24) is 4.90 Å². The Labute approximate surface area is 128 Å². The van der Waals surface area contributed by atoms with Gasteiger partial charge in [0.15, 0.2) is 0 Å². The highest BCUT2D eigenvalue weighted by Crippen LogP contribution is 2.23. The molecular weight excluding hydrogens is 260 g/mol. The van der Waals surface area contributed by atoms with Crippen LogP contribution in [0.5, 0.6) is 0 Å². The lowest BCUT2D eigenvalue weighted by molar-refractivity contribution is -0.117. The summed E-state index contributed by atoms with van der Waals surface area (Å²) in [7, 11) is 2.07. The molecule has 0 radical (unpaired) electrons. The fraction of sp³-hybridized carbons (Fsp3) is 0.611. The third-order valence-corrected chi connectivity index (χ3v) is 4.53. The van der Waals surface area contributed by atoms with E-state index in [0.717, 1.165) is 16.8 Å². The lowest BCUT2D eigenvalue weighted by atomic mass is 9.94. The minimum atomic E-state index is 0.0955. The molecule has 1 fully saturated rings. The molecule has 1 aromatic carbocycles. The molecule has 116 valence electrons. The number of nitrogens with zero attached hydrogens (tertiary/aromatic N) is 1. The van der Waals surface area contributed by atoms with Crippen LogP contribution in [0.15, 0.2) is 12.1 Å². The third kappa shape index (κ3) is 4.31. The van der Waals surface area contributed by atoms with Gasteiger partial charge in [0.1, 0.15) is 0 Å². The molecule has 0 atom stereocenters. The molecule has 1 N–H and O–H groups in total. The van der Waals surface area contributed by atoms with Gasteiger partial charge < -0.3 is 5.32 Å². The fourth-order valence-electron chi connectivity index (χ4n) is 3.43. The zero-order valence-electron chi connectivity index (χ0n) is 13.8. The van der Waals surface area contributed by atoms with Crippen LogP contribution in [0.1, 0.15) is 48.8 Å². The van der Waals surface area contributed by atoms with E-state index in [9.17, 15) is 4.79 Å². The predicted octanol–water partition coefficient (Wildman–Crippen LogP) is 3.81. The van der Waals surface area contributed by atoms with Gasteiger partial charge in [0.05, 0.1) is 6.54 Å². The van der Waals surface area contributed by atoms with Crippen molar-refractivity contribution in [2.45, 2.75) is 58.9 Å². The largest absolute Gasteiger partial charge is 0.324 e. The fourth-order valence-corrected chi connectivity index (χ4v) is 3.43. The van der Waals surface area contributed by atoms with Gasteiger partial charge in [-0.1, -0.05) is 37.0 Å². The number of carbonyl (C=O) groups is 1. The normalized spacial score (nSPS) is 16.2. The van der Waals surface area contributed by atoms with Crippen molar-refractivity contribution in [1.29, 1.82) is 0 Å². The highest BCUT2D eigenvalue weighted by molar-refractivity contribution is 5.93. The topological polar surface area (TPSA) is 32.3 Å². The summed E-state index contributed by atoms with van der Waals surface area (Å²) in [5.74, 6) is 0.0955. The molecule has 0 aliphatic heterocycles. The van der Waals surface area contributed by atoms with E-state index in [-0.39, 0.29) is 5.91 Å². The average molecular weight is 288 g/mol. The zero-order chi connectivity index (χ0) is 15.4. The summed E-state index contributed by atoms with van der Waals surface area (Å²) in [6, 6.07) is 4.81. The number of amides is 1. The van der Waals surface area contributed by atoms with Crippen LogP contribution < -0.4 is 5.32 Å². The molecule has 1 saturated carbocycles. The Kier molecular flexibility index (Phi) is 5.40. The second-order valence-corrected chi connectivity index (χ2v) is 6.53. The first kappa shape index (κ1) is 16.0. The summed E-state index contributed by atoms with van der Waals surface area (Å²) in [6.07, 6.45) is 6.40. The van der Waals surface area contributed by atoms with E-state index in [2.05, 4.69) is 50.2 Å². The summed E-state index contributed by atoms with van der Waals surface area (Å²) in [6.45, 7) is 6.68. The Morgan fingerprint density at radius 1 is 1.14 bits per heavy atom. The molecule has 21 heavy (non-hydrogen) atoms. The summed E-state index contributed by atoms with van der Waals surface area (Å²) in [4.78, 5) is 14.5. The molecule has 1 aromatic rings. The second-order valence-electron chi connectivity index (χ2n) is 6.53. The first-order chi connectivity index (χ1) is 9.97. The van der Waals surface area contributed by atoms with Crippen LogP contribution in [-0.2, 0) is 4.79 Å². The first-order valence-corrected chi connectivity index (χ1v) is 8.05. The number of hydrogen-bond acceptors (Lipinski definition) is 2. The molecule has 0 unspecified atom stereocenters. The maximum absolute atomic E-state index is 12.3. The van der Waals surface area contributed by atoms with Crippen LogP contribution >= 0.6 is 0 Å². The Bertz CT molecular complexity index is 481. The van der Waals surface area contributed by atoms with E-state index in [4.69, 9.17) is 0 Å². The zero-order valence-corrected chi connectivity index (χ0v) is 13.8. The number of carbonyl (C=O) groups excluding carboxylic acids is 1. The maximum Gasteiger partial charge on any atom is 0.238 e. The van der Waals surface area contributed by atoms with Gasteiger partial charge in [-0.2, -0.15) is 0 Å². The maximum atomic E-state index is 12.3. The van der Waals surface area contributed by atoms with Crippen LogP contribution in [-0.4, -0.2) is 30.4 Å². The Balaban J connectivity index is 1.95. The standard InChI is InChI=1S/C18H28N2O/c1-13-10-14(2)18(15(3)11-13)19-17(21)12-20(4)16-8-6-5-7-9-16/h10-11,16H,5-9,12H2,1-4H3,(H,19,21). The SMILES string of the molecule is Cc1cc(C)c(NC(=O)CN(C)C2CCCCC2)c(C)c1. The Hall–Kier alpha value is -1.35. The Morgan fingerprint density at radius 3 is 2.29 bits per heavy atom. The average Bonchev–Trinajstić information content (AvgIpc) is 2.43. The molecule has 3 nitrogen and oxygen atoms in total. The highest BCUT2D eigenvalue weighted by Gasteiger charge is 2.20. The number of nitrogens with one attached hydrogen (secondary N) is 1. The molecule has 1 aliphatic rings. The van der Waals surface area contributed by atoms with Crippen LogP contribution in [0, 0.1) is 20.8 Å². The molecule has 0 bridgehead atoms. The van der Waals surface area contributed by atoms with E-state index in [1.54, 1.807) is 0 Å². The number of benzene rings is 1. The molecule has 0 aromatic heterocycles. The number of likely N-dealkylation sites (N-methyl/N-ethyl adjacent to an activating group) is 1. The minimum Gasteiger partial charge on any atom is -0.324 e. The van der Waals surface area contributed by atoms with Crippen LogP contribution in [0.2, 0.25) is 0 Å². The van der Waals surface area contributed by atoms with Gasteiger partial charge >= 0.3 is 0 Å². The van der Waals surface area contributed by atoms with E-state index in [0.29, 0.717) is 12.6 Å². The van der Waals surface area contributed by atoms with Gasteiger partial charge in [0.25, 0.3) is 0 Å². The van der Waals surface area contributed by atoms with Gasteiger partial charge in [-0.25, -0.2) is 0 Å². The van der Waals surface area contributed by atoms with Crippen molar-refractivity contribution < 1.29 is 4.79 Å². The summed E-state index contributed by atoms with van der Waals surface area (Å²) in [5.41, 5.74) is 4.49. The van der Waals surface area contributed by atoms with Gasteiger partial charge in [0.2, 0.25) is 5.91 Å². The van der Waals surface area contributed by atoms with Crippen LogP contribution in [0.25, 0.3) is 0 Å². The smallest absolute Gasteiger partial charge is 0.238 e. The third-order valence-electron chi connectivity index (χ3n) is 4.53. The van der Waals surface area contributed by atoms with Crippen molar-refractivity contribution >= 4 is 11.6 Å². The quantitative estimate of drug-likeness (QED) is 0.913. The van der Waals surface area contributed by atoms with Crippen molar-refractivity contribution in [3.05, 3.63) is 28.8 Å². The highest BCUT2D eigenvalue weighted by atomic mass is 16.2. The van der Waals surface area contributed by atoms with Gasteiger partial charge in [-0.3, -0.25) is 9.69 Å². The van der Waals surface area contributed by atoms with Crippen molar-refractivity contribution in [3.63, 3.8) is 0 Å². The summed E-state index contributed by atoms with van der Waals surface area (Å²) < 4.78 is 0. The molecule has 1 amide bonds. The molecular formula is C18H28N2O. The Morgan fingerprint density at radius 2 is 1.71 bits per heavy atom. The molecule has 0 saturated heterocycles. The summed E-state index contributed by atoms with van der Waals surface area (Å²) in [5, 5.41) is 3.10. The van der Waals surface area contributed by atoms with Crippen LogP contribution in [0.3, 0.4) is 0 Å². The second kappa shape index (κ2) is 7.08. The lowest BCUT2D eigenvalue weighted by Gasteiger charge is -2.30. The molecule has 2 rings (SSSR count). The van der Waals surface area contributed by atoms with Crippen LogP contribution in [0.4, 0.5) is 5.69 Å². The van der Waals surface area contributed by atoms with E-state index in [1.165, 1.54) is 37.7 Å². The van der Waals surface area contributed by atoms with Gasteiger partial charge in [-0.15, -0.1) is 0 Å². The number of hydrogen-bond donors (Lipinski definition) is 1. The molecule has 0 spiro atoms. The van der Waals surface area contributed by atoms with Gasteiger partial charge in [-0.05, 0) is 51.8 Å². The van der Waals surface area contributed by atoms with Crippen molar-refractivity contribution in [2.24, 2.45) is 0 Å². The van der Waals surface area contributed by atoms with Crippen molar-refractivity contribution in [3.8, 4) is 0 Å². The number of anilines is 1. The number of aryl methyl sites for hydroxylation is 3. The lowest BCUT2D eigenvalue weighted by Crippen LogP contribution is -2.39. The monoisotopic (exact) mass is 288 g/mol. The van der Waals surface area contributed by atoms with E-state index >= 15 is 0 Å². The van der Waals surface area contributed by atoms with E-state index < -0.39 is 0 Å². The van der Waals surface area contributed by atoms with Gasteiger partial charge in [0, 0.05) is 11.7 Å². The first-order valence-electron chi connectivity index (χ1n) is 8.05. The van der Waals surface area contributed by atoms with E-state index in [1.807, 2.05) is 0 Å². The summed E-state index contributed by atoms with van der Waals surface area (Å²) >= 11 is 0. The van der Waals surface area contributed by atoms with Crippen molar-refractivity contribution in [2.75, 3.05) is 18.9 Å². The number of rotatable bonds is 4. The molecule has 0 heterocycles.